The highest BCUT2D eigenvalue weighted by Gasteiger charge is 2.12. The molecule has 0 saturated carbocycles. The minimum Gasteiger partial charge on any atom is -0.306 e. The Balaban J connectivity index is 0.000000249. The van der Waals surface area contributed by atoms with Gasteiger partial charge in [-0.25, -0.2) is 9.50 Å². The molecule has 1 aromatic carbocycles. The summed E-state index contributed by atoms with van der Waals surface area (Å²) in [6.45, 7) is 15.9. The van der Waals surface area contributed by atoms with Crippen molar-refractivity contribution in [2.24, 2.45) is 5.92 Å². The molecule has 0 aliphatic heterocycles. The number of aryl methyl sites for hydroxylation is 1. The molecule has 3 aromatic heterocycles. The lowest BCUT2D eigenvalue weighted by Gasteiger charge is -2.13. The van der Waals surface area contributed by atoms with E-state index >= 15 is 0 Å². The van der Waals surface area contributed by atoms with Crippen LogP contribution < -0.4 is 0 Å². The molecule has 3 heterocycles. The van der Waals surface area contributed by atoms with Crippen molar-refractivity contribution in [1.82, 2.24) is 24.5 Å². The molecular formula is C33H50ClN5. The summed E-state index contributed by atoms with van der Waals surface area (Å²) in [7, 11) is 2.19. The second-order valence-electron chi connectivity index (χ2n) is 10.7. The summed E-state index contributed by atoms with van der Waals surface area (Å²) in [5.74, 6) is 0.968. The van der Waals surface area contributed by atoms with Crippen LogP contribution in [0.2, 0.25) is 5.02 Å². The molecular weight excluding hydrogens is 502 g/mol. The third kappa shape index (κ3) is 10.9. The average molecular weight is 552 g/mol. The van der Waals surface area contributed by atoms with E-state index in [0.29, 0.717) is 5.02 Å². The van der Waals surface area contributed by atoms with Crippen molar-refractivity contribution in [1.29, 1.82) is 0 Å². The summed E-state index contributed by atoms with van der Waals surface area (Å²) >= 11 is 6.13. The number of pyridine rings is 1. The van der Waals surface area contributed by atoms with Crippen LogP contribution >= 0.6 is 11.6 Å². The Hall–Kier alpha value is -2.50. The summed E-state index contributed by atoms with van der Waals surface area (Å²) in [4.78, 5) is 11.3. The minimum absolute atomic E-state index is 0.692. The molecule has 0 radical (unpaired) electrons. The molecule has 39 heavy (non-hydrogen) atoms. The van der Waals surface area contributed by atoms with E-state index < -0.39 is 0 Å². The van der Waals surface area contributed by atoms with Crippen LogP contribution in [0.1, 0.15) is 91.5 Å². The minimum atomic E-state index is 0.692. The molecule has 4 rings (SSSR count). The van der Waals surface area contributed by atoms with E-state index in [1.165, 1.54) is 64.5 Å². The van der Waals surface area contributed by atoms with Gasteiger partial charge in [-0.05, 0) is 81.2 Å². The van der Waals surface area contributed by atoms with Crippen molar-refractivity contribution < 1.29 is 0 Å². The molecule has 5 nitrogen and oxygen atoms in total. The molecule has 6 heteroatoms. The van der Waals surface area contributed by atoms with Crippen LogP contribution in [0.25, 0.3) is 27.7 Å². The van der Waals surface area contributed by atoms with E-state index in [2.05, 4.69) is 61.6 Å². The number of benzene rings is 1. The summed E-state index contributed by atoms with van der Waals surface area (Å²) in [5.41, 5.74) is 4.81. The Morgan fingerprint density at radius 3 is 2.33 bits per heavy atom. The van der Waals surface area contributed by atoms with Gasteiger partial charge in [-0.15, -0.1) is 0 Å². The number of aromatic nitrogens is 4. The molecule has 0 N–H and O–H groups in total. The Kier molecular flexibility index (Phi) is 15.1. The van der Waals surface area contributed by atoms with Crippen LogP contribution in [0.4, 0.5) is 0 Å². The second-order valence-corrected chi connectivity index (χ2v) is 11.1. The molecule has 0 fully saturated rings. The highest BCUT2D eigenvalue weighted by atomic mass is 35.5. The lowest BCUT2D eigenvalue weighted by atomic mass is 10.00. The van der Waals surface area contributed by atoms with Crippen LogP contribution in [-0.2, 0) is 0 Å². The number of nitrogens with zero attached hydrogens (tertiary/aromatic N) is 5. The standard InChI is InChI=1S/C16H11ClN4.C9H20.C8H19N/c1-10-7-19-16-14(8-20-21(16)9-10)12-4-5-18-15-3-2-11(17)6-13(12)15;2*1-4-6-8-9(3)7-5-2/h2-9H,1H3;9H,4-8H2,1-3H3;4-8H2,1-3H3. The summed E-state index contributed by atoms with van der Waals surface area (Å²) in [6.07, 6.45) is 18.3. The predicted octanol–water partition coefficient (Wildman–Crippen LogP) is 9.65. The first-order valence-corrected chi connectivity index (χ1v) is 15.2. The third-order valence-corrected chi connectivity index (χ3v) is 7.05. The largest absolute Gasteiger partial charge is 0.306 e. The fourth-order valence-corrected chi connectivity index (χ4v) is 4.79. The zero-order valence-electron chi connectivity index (χ0n) is 25.4. The van der Waals surface area contributed by atoms with Gasteiger partial charge in [0.1, 0.15) is 0 Å². The van der Waals surface area contributed by atoms with E-state index in [-0.39, 0.29) is 0 Å². The fraction of sp³-hybridized carbons (Fsp3) is 0.545. The van der Waals surface area contributed by atoms with Gasteiger partial charge in [0, 0.05) is 34.6 Å². The third-order valence-electron chi connectivity index (χ3n) is 6.81. The van der Waals surface area contributed by atoms with Gasteiger partial charge in [0.25, 0.3) is 0 Å². The molecule has 1 unspecified atom stereocenters. The molecule has 0 saturated heterocycles. The highest BCUT2D eigenvalue weighted by Crippen LogP contribution is 2.31. The summed E-state index contributed by atoms with van der Waals surface area (Å²) < 4.78 is 1.79. The Morgan fingerprint density at radius 1 is 0.872 bits per heavy atom. The van der Waals surface area contributed by atoms with Gasteiger partial charge >= 0.3 is 0 Å². The van der Waals surface area contributed by atoms with E-state index in [9.17, 15) is 0 Å². The van der Waals surface area contributed by atoms with Crippen LogP contribution in [-0.4, -0.2) is 44.6 Å². The first kappa shape index (κ1) is 32.7. The van der Waals surface area contributed by atoms with E-state index in [4.69, 9.17) is 11.6 Å². The average Bonchev–Trinajstić information content (AvgIpc) is 3.34. The van der Waals surface area contributed by atoms with E-state index in [0.717, 1.165) is 39.2 Å². The van der Waals surface area contributed by atoms with Crippen molar-refractivity contribution in [3.63, 3.8) is 0 Å². The number of halogens is 1. The Labute approximate surface area is 242 Å². The Morgan fingerprint density at radius 2 is 1.64 bits per heavy atom. The maximum Gasteiger partial charge on any atom is 0.162 e. The van der Waals surface area contributed by atoms with Crippen LogP contribution in [0, 0.1) is 12.8 Å². The first-order valence-electron chi connectivity index (χ1n) is 14.9. The Bertz CT molecular complexity index is 1220. The van der Waals surface area contributed by atoms with Crippen molar-refractivity contribution >= 4 is 28.2 Å². The van der Waals surface area contributed by atoms with Gasteiger partial charge in [-0.2, -0.15) is 5.10 Å². The maximum absolute atomic E-state index is 6.13. The molecule has 0 amide bonds. The lowest BCUT2D eigenvalue weighted by molar-refractivity contribution is 0.329. The monoisotopic (exact) mass is 551 g/mol. The fourth-order valence-electron chi connectivity index (χ4n) is 4.62. The van der Waals surface area contributed by atoms with Gasteiger partial charge in [0.05, 0.1) is 11.7 Å². The van der Waals surface area contributed by atoms with Gasteiger partial charge < -0.3 is 4.90 Å². The van der Waals surface area contributed by atoms with Crippen LogP contribution in [0.5, 0.6) is 0 Å². The summed E-state index contributed by atoms with van der Waals surface area (Å²) in [5, 5.41) is 6.08. The topological polar surface area (TPSA) is 46.3 Å². The van der Waals surface area contributed by atoms with Gasteiger partial charge in [0.2, 0.25) is 0 Å². The molecule has 4 aromatic rings. The number of hydrogen-bond donors (Lipinski definition) is 0. The van der Waals surface area contributed by atoms with Crippen molar-refractivity contribution in [2.75, 3.05) is 20.1 Å². The quantitative estimate of drug-likeness (QED) is 0.186. The van der Waals surface area contributed by atoms with Gasteiger partial charge in [-0.1, -0.05) is 84.7 Å². The molecule has 214 valence electrons. The van der Waals surface area contributed by atoms with Crippen molar-refractivity contribution in [3.8, 4) is 11.1 Å². The smallest absolute Gasteiger partial charge is 0.162 e. The lowest BCUT2D eigenvalue weighted by Crippen LogP contribution is -2.19. The number of hydrogen-bond acceptors (Lipinski definition) is 4. The predicted molar refractivity (Wildman–Crippen MR) is 170 cm³/mol. The van der Waals surface area contributed by atoms with Gasteiger partial charge in [0.15, 0.2) is 5.65 Å². The zero-order valence-corrected chi connectivity index (χ0v) is 26.1. The highest BCUT2D eigenvalue weighted by molar-refractivity contribution is 6.31. The van der Waals surface area contributed by atoms with E-state index in [1.807, 2.05) is 49.8 Å². The molecule has 0 spiro atoms. The normalized spacial score (nSPS) is 11.7. The SMILES string of the molecule is CCCCC(C)CCC.CCCCN(C)CCC.Cc1cnc2c(-c3ccnc4ccc(Cl)cc34)cnn2c1. The zero-order chi connectivity index (χ0) is 28.6. The number of rotatable bonds is 11. The van der Waals surface area contributed by atoms with Crippen molar-refractivity contribution in [2.45, 2.75) is 92.9 Å². The second kappa shape index (κ2) is 18.0. The molecule has 1 atom stereocenters. The maximum atomic E-state index is 6.13. The first-order chi connectivity index (χ1) is 18.8. The molecule has 0 aliphatic rings. The van der Waals surface area contributed by atoms with E-state index in [1.54, 1.807) is 10.7 Å². The van der Waals surface area contributed by atoms with Crippen LogP contribution in [0.3, 0.4) is 0 Å². The number of unbranched alkanes of at least 4 members (excludes halogenated alkanes) is 2. The van der Waals surface area contributed by atoms with Gasteiger partial charge in [-0.3, -0.25) is 4.98 Å². The van der Waals surface area contributed by atoms with Crippen molar-refractivity contribution in [3.05, 3.63) is 59.6 Å². The number of fused-ring (bicyclic) bond motifs is 2. The molecule has 0 bridgehead atoms. The van der Waals surface area contributed by atoms with Crippen LogP contribution in [0.15, 0.2) is 49.1 Å². The molecule has 0 aliphatic carbocycles. The summed E-state index contributed by atoms with van der Waals surface area (Å²) in [6, 6.07) is 7.66.